The third kappa shape index (κ3) is 4.30. The zero-order valence-electron chi connectivity index (χ0n) is 12.6. The molecule has 1 fully saturated rings. The first-order chi connectivity index (χ1) is 9.85. The van der Waals surface area contributed by atoms with Crippen LogP contribution in [0.4, 0.5) is 0 Å². The van der Waals surface area contributed by atoms with E-state index >= 15 is 0 Å². The van der Waals surface area contributed by atoms with Crippen molar-refractivity contribution in [2.75, 3.05) is 26.7 Å². The van der Waals surface area contributed by atoms with Crippen LogP contribution in [0.3, 0.4) is 0 Å². The molecule has 2 rings (SSSR count). The molecule has 3 nitrogen and oxygen atoms in total. The molecule has 1 saturated carbocycles. The lowest BCUT2D eigenvalue weighted by atomic mass is 9.90. The van der Waals surface area contributed by atoms with Crippen molar-refractivity contribution in [1.29, 1.82) is 0 Å². The van der Waals surface area contributed by atoms with Crippen molar-refractivity contribution >= 4 is 0 Å². The molecule has 0 aliphatic heterocycles. The number of nitrogens with one attached hydrogen (secondary N) is 1. The van der Waals surface area contributed by atoms with Gasteiger partial charge in [-0.3, -0.25) is 0 Å². The summed E-state index contributed by atoms with van der Waals surface area (Å²) >= 11 is 0. The van der Waals surface area contributed by atoms with Crippen LogP contribution in [0.2, 0.25) is 0 Å². The summed E-state index contributed by atoms with van der Waals surface area (Å²) in [4.78, 5) is 2.58. The minimum Gasteiger partial charge on any atom is -0.396 e. The van der Waals surface area contributed by atoms with Gasteiger partial charge in [0, 0.05) is 31.8 Å². The number of hydrogen-bond acceptors (Lipinski definition) is 3. The van der Waals surface area contributed by atoms with Crippen molar-refractivity contribution in [1.82, 2.24) is 10.2 Å². The van der Waals surface area contributed by atoms with Gasteiger partial charge < -0.3 is 15.3 Å². The first-order valence-corrected chi connectivity index (χ1v) is 7.92. The van der Waals surface area contributed by atoms with Crippen LogP contribution in [0, 0.1) is 0 Å². The minimum absolute atomic E-state index is 0.303. The number of benzene rings is 1. The molecule has 1 aliphatic carbocycles. The third-order valence-corrected chi connectivity index (χ3v) is 4.45. The molecule has 0 aromatic heterocycles. The molecule has 0 amide bonds. The molecule has 0 saturated heterocycles. The standard InChI is InChI=1S/C17H28N2O/c1-18-17(15-7-3-2-4-8-15)11-13-19(12-6-14-20)16-9-5-10-16/h2-4,7-8,16-18,20H,5-6,9-14H2,1H3. The first-order valence-electron chi connectivity index (χ1n) is 7.92. The average Bonchev–Trinajstić information content (AvgIpc) is 2.44. The van der Waals surface area contributed by atoms with Crippen LogP contribution < -0.4 is 5.32 Å². The summed E-state index contributed by atoms with van der Waals surface area (Å²) < 4.78 is 0. The topological polar surface area (TPSA) is 35.5 Å². The zero-order chi connectivity index (χ0) is 14.2. The van der Waals surface area contributed by atoms with E-state index in [1.165, 1.54) is 24.8 Å². The lowest BCUT2D eigenvalue weighted by Crippen LogP contribution is -2.42. The Balaban J connectivity index is 1.86. The van der Waals surface area contributed by atoms with Crippen molar-refractivity contribution in [2.45, 2.75) is 44.2 Å². The molecular formula is C17H28N2O. The summed E-state index contributed by atoms with van der Waals surface area (Å²) in [6.45, 7) is 2.45. The summed E-state index contributed by atoms with van der Waals surface area (Å²) in [6, 6.07) is 11.9. The molecule has 112 valence electrons. The van der Waals surface area contributed by atoms with Gasteiger partial charge in [-0.1, -0.05) is 36.8 Å². The molecule has 1 atom stereocenters. The Kier molecular flexibility index (Phi) is 6.51. The number of hydrogen-bond donors (Lipinski definition) is 2. The Labute approximate surface area is 123 Å². The van der Waals surface area contributed by atoms with Gasteiger partial charge >= 0.3 is 0 Å². The first kappa shape index (κ1) is 15.5. The van der Waals surface area contributed by atoms with Gasteiger partial charge in [-0.2, -0.15) is 0 Å². The molecule has 2 N–H and O–H groups in total. The maximum absolute atomic E-state index is 9.05. The molecule has 1 aromatic carbocycles. The summed E-state index contributed by atoms with van der Waals surface area (Å²) in [7, 11) is 2.04. The molecule has 1 unspecified atom stereocenters. The highest BCUT2D eigenvalue weighted by Crippen LogP contribution is 2.26. The molecule has 3 heteroatoms. The fraction of sp³-hybridized carbons (Fsp3) is 0.647. The quantitative estimate of drug-likeness (QED) is 0.727. The molecule has 0 radical (unpaired) electrons. The van der Waals surface area contributed by atoms with Gasteiger partial charge in [0.05, 0.1) is 0 Å². The maximum Gasteiger partial charge on any atom is 0.0443 e. The van der Waals surface area contributed by atoms with Crippen LogP contribution >= 0.6 is 0 Å². The van der Waals surface area contributed by atoms with Crippen LogP contribution in [-0.4, -0.2) is 42.8 Å². The average molecular weight is 276 g/mol. The van der Waals surface area contributed by atoms with Crippen molar-refractivity contribution < 1.29 is 5.11 Å². The lowest BCUT2D eigenvalue weighted by molar-refractivity contribution is 0.112. The van der Waals surface area contributed by atoms with Gasteiger partial charge in [-0.15, -0.1) is 0 Å². The molecule has 0 bridgehead atoms. The fourth-order valence-corrected chi connectivity index (χ4v) is 2.96. The predicted molar refractivity (Wildman–Crippen MR) is 83.8 cm³/mol. The minimum atomic E-state index is 0.303. The van der Waals surface area contributed by atoms with Crippen molar-refractivity contribution in [3.63, 3.8) is 0 Å². The van der Waals surface area contributed by atoms with Crippen LogP contribution in [0.25, 0.3) is 0 Å². The second-order valence-electron chi connectivity index (χ2n) is 5.74. The van der Waals surface area contributed by atoms with Gasteiger partial charge in [0.25, 0.3) is 0 Å². The van der Waals surface area contributed by atoms with Gasteiger partial charge in [-0.25, -0.2) is 0 Å². The SMILES string of the molecule is CNC(CCN(CCCO)C1CCC1)c1ccccc1. The lowest BCUT2D eigenvalue weighted by Gasteiger charge is -2.38. The Hall–Kier alpha value is -0.900. The summed E-state index contributed by atoms with van der Waals surface area (Å²) in [5.74, 6) is 0. The molecule has 0 heterocycles. The molecule has 1 aliphatic rings. The zero-order valence-corrected chi connectivity index (χ0v) is 12.6. The highest BCUT2D eigenvalue weighted by molar-refractivity contribution is 5.18. The highest BCUT2D eigenvalue weighted by Gasteiger charge is 2.24. The van der Waals surface area contributed by atoms with Crippen LogP contribution in [0.5, 0.6) is 0 Å². The van der Waals surface area contributed by atoms with Crippen LogP contribution in [0.1, 0.15) is 43.7 Å². The number of rotatable bonds is 9. The monoisotopic (exact) mass is 276 g/mol. The van der Waals surface area contributed by atoms with E-state index in [0.717, 1.165) is 32.0 Å². The van der Waals surface area contributed by atoms with E-state index in [0.29, 0.717) is 12.6 Å². The summed E-state index contributed by atoms with van der Waals surface area (Å²) in [5, 5.41) is 12.5. The number of aliphatic hydroxyl groups excluding tert-OH is 1. The van der Waals surface area contributed by atoms with Crippen LogP contribution in [0.15, 0.2) is 30.3 Å². The Morgan fingerprint density at radius 1 is 1.25 bits per heavy atom. The second kappa shape index (κ2) is 8.40. The van der Waals surface area contributed by atoms with Crippen molar-refractivity contribution in [3.05, 3.63) is 35.9 Å². The third-order valence-electron chi connectivity index (χ3n) is 4.45. The highest BCUT2D eigenvalue weighted by atomic mass is 16.3. The van der Waals surface area contributed by atoms with E-state index in [2.05, 4.69) is 40.5 Å². The van der Waals surface area contributed by atoms with Crippen molar-refractivity contribution in [2.24, 2.45) is 0 Å². The maximum atomic E-state index is 9.05. The van der Waals surface area contributed by atoms with E-state index in [-0.39, 0.29) is 0 Å². The van der Waals surface area contributed by atoms with E-state index in [9.17, 15) is 0 Å². The smallest absolute Gasteiger partial charge is 0.0443 e. The summed E-state index contributed by atoms with van der Waals surface area (Å²) in [5.41, 5.74) is 1.37. The molecule has 1 aromatic rings. The Morgan fingerprint density at radius 2 is 2.00 bits per heavy atom. The van der Waals surface area contributed by atoms with Gasteiger partial charge in [0.2, 0.25) is 0 Å². The van der Waals surface area contributed by atoms with E-state index < -0.39 is 0 Å². The Bertz CT molecular complexity index is 365. The Morgan fingerprint density at radius 3 is 2.55 bits per heavy atom. The van der Waals surface area contributed by atoms with Gasteiger partial charge in [0.15, 0.2) is 0 Å². The summed E-state index contributed by atoms with van der Waals surface area (Å²) in [6.07, 6.45) is 6.06. The second-order valence-corrected chi connectivity index (χ2v) is 5.74. The van der Waals surface area contributed by atoms with E-state index in [1.807, 2.05) is 7.05 Å². The van der Waals surface area contributed by atoms with Gasteiger partial charge in [-0.05, 0) is 38.3 Å². The van der Waals surface area contributed by atoms with E-state index in [4.69, 9.17) is 5.11 Å². The molecule has 20 heavy (non-hydrogen) atoms. The van der Waals surface area contributed by atoms with Crippen LogP contribution in [-0.2, 0) is 0 Å². The van der Waals surface area contributed by atoms with Crippen molar-refractivity contribution in [3.8, 4) is 0 Å². The fourth-order valence-electron chi connectivity index (χ4n) is 2.96. The largest absolute Gasteiger partial charge is 0.396 e. The van der Waals surface area contributed by atoms with E-state index in [1.54, 1.807) is 0 Å². The number of nitrogens with zero attached hydrogens (tertiary/aromatic N) is 1. The predicted octanol–water partition coefficient (Wildman–Crippen LogP) is 2.57. The molecule has 0 spiro atoms. The van der Waals surface area contributed by atoms with Gasteiger partial charge in [0.1, 0.15) is 0 Å². The normalized spacial score (nSPS) is 17.1. The molecular weight excluding hydrogens is 248 g/mol. The number of aliphatic hydroxyl groups is 1.